The van der Waals surface area contributed by atoms with E-state index in [4.69, 9.17) is 10.9 Å². The molecule has 0 saturated heterocycles. The van der Waals surface area contributed by atoms with Crippen LogP contribution < -0.4 is 10.6 Å². The molecule has 6 nitrogen and oxygen atoms in total. The lowest BCUT2D eigenvalue weighted by molar-refractivity contribution is 0.318. The number of aromatic nitrogens is 2. The number of hydrogen-bond donors (Lipinski definition) is 2. The molecule has 0 radical (unpaired) electrons. The van der Waals surface area contributed by atoms with Crippen molar-refractivity contribution < 1.29 is 5.21 Å². The summed E-state index contributed by atoms with van der Waals surface area (Å²) in [4.78, 5) is 10.7. The van der Waals surface area contributed by atoms with Crippen molar-refractivity contribution in [1.29, 1.82) is 0 Å². The molecule has 7 heteroatoms. The summed E-state index contributed by atoms with van der Waals surface area (Å²) in [5.41, 5.74) is 6.80. The molecule has 0 aliphatic rings. The zero-order valence-electron chi connectivity index (χ0n) is 11.8. The first-order valence-electron chi connectivity index (χ1n) is 6.05. The summed E-state index contributed by atoms with van der Waals surface area (Å²) >= 11 is 1.82. The monoisotopic (exact) mass is 283 g/mol. The SMILES string of the molecule is CSCCC(C)N(C)c1nc(C)cc(/C(N)=N/O)n1. The Morgan fingerprint density at radius 3 is 2.84 bits per heavy atom. The van der Waals surface area contributed by atoms with Crippen LogP contribution in [-0.4, -0.2) is 46.1 Å². The molecule has 0 bridgehead atoms. The zero-order valence-corrected chi connectivity index (χ0v) is 12.6. The van der Waals surface area contributed by atoms with Gasteiger partial charge in [0.25, 0.3) is 0 Å². The van der Waals surface area contributed by atoms with Gasteiger partial charge in [0.15, 0.2) is 5.84 Å². The van der Waals surface area contributed by atoms with E-state index in [1.54, 1.807) is 6.07 Å². The maximum atomic E-state index is 8.72. The van der Waals surface area contributed by atoms with Gasteiger partial charge < -0.3 is 15.8 Å². The van der Waals surface area contributed by atoms with Gasteiger partial charge >= 0.3 is 0 Å². The summed E-state index contributed by atoms with van der Waals surface area (Å²) in [5, 5.41) is 11.7. The average Bonchev–Trinajstić information content (AvgIpc) is 2.42. The lowest BCUT2D eigenvalue weighted by atomic mass is 10.2. The number of aryl methyl sites for hydroxylation is 1. The van der Waals surface area contributed by atoms with Crippen molar-refractivity contribution in [3.8, 4) is 0 Å². The van der Waals surface area contributed by atoms with Crippen molar-refractivity contribution in [1.82, 2.24) is 9.97 Å². The predicted molar refractivity (Wildman–Crippen MR) is 80.1 cm³/mol. The van der Waals surface area contributed by atoms with Crippen LogP contribution in [0.1, 0.15) is 24.7 Å². The van der Waals surface area contributed by atoms with Gasteiger partial charge in [-0.15, -0.1) is 0 Å². The molecule has 1 aromatic rings. The third kappa shape index (κ3) is 4.27. The van der Waals surface area contributed by atoms with E-state index >= 15 is 0 Å². The second-order valence-electron chi connectivity index (χ2n) is 4.42. The summed E-state index contributed by atoms with van der Waals surface area (Å²) in [6.07, 6.45) is 3.14. The van der Waals surface area contributed by atoms with Crippen LogP contribution in [0, 0.1) is 6.92 Å². The molecule has 1 rings (SSSR count). The largest absolute Gasteiger partial charge is 0.409 e. The van der Waals surface area contributed by atoms with Gasteiger partial charge in [0, 0.05) is 18.8 Å². The predicted octanol–water partition coefficient (Wildman–Crippen LogP) is 1.46. The van der Waals surface area contributed by atoms with Gasteiger partial charge in [-0.1, -0.05) is 5.16 Å². The smallest absolute Gasteiger partial charge is 0.226 e. The van der Waals surface area contributed by atoms with Crippen LogP contribution in [0.15, 0.2) is 11.2 Å². The molecule has 0 aliphatic carbocycles. The van der Waals surface area contributed by atoms with Gasteiger partial charge in [0.2, 0.25) is 5.95 Å². The highest BCUT2D eigenvalue weighted by atomic mass is 32.2. The van der Waals surface area contributed by atoms with Gasteiger partial charge in [0.05, 0.1) is 0 Å². The number of amidine groups is 1. The normalized spacial score (nSPS) is 13.4. The van der Waals surface area contributed by atoms with Crippen LogP contribution in [0.3, 0.4) is 0 Å². The Balaban J connectivity index is 2.96. The molecule has 0 aliphatic heterocycles. The van der Waals surface area contributed by atoms with E-state index in [1.165, 1.54) is 0 Å². The van der Waals surface area contributed by atoms with Crippen LogP contribution in [0.5, 0.6) is 0 Å². The van der Waals surface area contributed by atoms with Crippen LogP contribution in [0.25, 0.3) is 0 Å². The highest BCUT2D eigenvalue weighted by molar-refractivity contribution is 7.98. The molecule has 19 heavy (non-hydrogen) atoms. The second-order valence-corrected chi connectivity index (χ2v) is 5.41. The number of anilines is 1. The summed E-state index contributed by atoms with van der Waals surface area (Å²) in [5.74, 6) is 1.68. The molecule has 1 atom stereocenters. The van der Waals surface area contributed by atoms with Gasteiger partial charge in [-0.25, -0.2) is 9.97 Å². The number of nitrogens with two attached hydrogens (primary N) is 1. The minimum absolute atomic E-state index is 0.00285. The highest BCUT2D eigenvalue weighted by Gasteiger charge is 2.14. The summed E-state index contributed by atoms with van der Waals surface area (Å²) in [6, 6.07) is 2.02. The molecule has 1 heterocycles. The first kappa shape index (κ1) is 15.6. The molecule has 3 N–H and O–H groups in total. The molecule has 1 unspecified atom stereocenters. The number of rotatable bonds is 6. The maximum Gasteiger partial charge on any atom is 0.226 e. The average molecular weight is 283 g/mol. The van der Waals surface area contributed by atoms with Crippen molar-refractivity contribution in [2.45, 2.75) is 26.3 Å². The number of hydrogen-bond acceptors (Lipinski definition) is 6. The third-order valence-electron chi connectivity index (χ3n) is 2.93. The van der Waals surface area contributed by atoms with Gasteiger partial charge in [-0.3, -0.25) is 0 Å². The first-order valence-corrected chi connectivity index (χ1v) is 7.44. The Morgan fingerprint density at radius 2 is 2.26 bits per heavy atom. The number of thioether (sulfide) groups is 1. The quantitative estimate of drug-likeness (QED) is 0.356. The lowest BCUT2D eigenvalue weighted by Gasteiger charge is -2.25. The molecule has 0 aromatic carbocycles. The number of nitrogens with zero attached hydrogens (tertiary/aromatic N) is 4. The molecule has 0 saturated carbocycles. The van der Waals surface area contributed by atoms with E-state index in [0.717, 1.165) is 17.9 Å². The topological polar surface area (TPSA) is 87.6 Å². The Bertz CT molecular complexity index is 452. The zero-order chi connectivity index (χ0) is 14.4. The fraction of sp³-hybridized carbons (Fsp3) is 0.583. The fourth-order valence-corrected chi connectivity index (χ4v) is 2.15. The van der Waals surface area contributed by atoms with E-state index < -0.39 is 0 Å². The van der Waals surface area contributed by atoms with E-state index in [2.05, 4.69) is 28.3 Å². The van der Waals surface area contributed by atoms with E-state index in [-0.39, 0.29) is 5.84 Å². The minimum atomic E-state index is -0.00285. The Morgan fingerprint density at radius 1 is 1.58 bits per heavy atom. The number of oxime groups is 1. The molecular weight excluding hydrogens is 262 g/mol. The van der Waals surface area contributed by atoms with Crippen molar-refractivity contribution in [2.24, 2.45) is 10.9 Å². The molecule has 0 spiro atoms. The van der Waals surface area contributed by atoms with Crippen molar-refractivity contribution in [3.63, 3.8) is 0 Å². The van der Waals surface area contributed by atoms with E-state index in [9.17, 15) is 0 Å². The summed E-state index contributed by atoms with van der Waals surface area (Å²) < 4.78 is 0. The molecule has 1 aromatic heterocycles. The second kappa shape index (κ2) is 7.18. The van der Waals surface area contributed by atoms with Crippen LogP contribution in [-0.2, 0) is 0 Å². The minimum Gasteiger partial charge on any atom is -0.409 e. The van der Waals surface area contributed by atoms with E-state index in [1.807, 2.05) is 30.6 Å². The fourth-order valence-electron chi connectivity index (χ4n) is 1.57. The van der Waals surface area contributed by atoms with Gasteiger partial charge in [-0.2, -0.15) is 11.8 Å². The Labute approximate surface area is 118 Å². The van der Waals surface area contributed by atoms with Crippen molar-refractivity contribution in [2.75, 3.05) is 24.0 Å². The van der Waals surface area contributed by atoms with Crippen LogP contribution >= 0.6 is 11.8 Å². The van der Waals surface area contributed by atoms with Crippen LogP contribution in [0.2, 0.25) is 0 Å². The molecule has 0 fully saturated rings. The van der Waals surface area contributed by atoms with E-state index in [0.29, 0.717) is 17.7 Å². The Kier molecular flexibility index (Phi) is 5.88. The van der Waals surface area contributed by atoms with Crippen LogP contribution in [0.4, 0.5) is 5.95 Å². The molecule has 0 amide bonds. The van der Waals surface area contributed by atoms with Crippen molar-refractivity contribution >= 4 is 23.5 Å². The summed E-state index contributed by atoms with van der Waals surface area (Å²) in [6.45, 7) is 3.99. The third-order valence-corrected chi connectivity index (χ3v) is 3.57. The standard InChI is InChI=1S/C12H21N5OS/c1-8-7-10(11(13)16-18)15-12(14-8)17(3)9(2)5-6-19-4/h7,9,18H,5-6H2,1-4H3,(H2,13,16). The van der Waals surface area contributed by atoms with Gasteiger partial charge in [-0.05, 0) is 38.3 Å². The summed E-state index contributed by atoms with van der Waals surface area (Å²) in [7, 11) is 1.95. The van der Waals surface area contributed by atoms with Gasteiger partial charge in [0.1, 0.15) is 5.69 Å². The molecule has 106 valence electrons. The highest BCUT2D eigenvalue weighted by Crippen LogP contribution is 2.14. The Hall–Kier alpha value is -1.50. The first-order chi connectivity index (χ1) is 8.99. The van der Waals surface area contributed by atoms with Crippen molar-refractivity contribution in [3.05, 3.63) is 17.5 Å². The maximum absolute atomic E-state index is 8.72. The molecular formula is C12H21N5OS. The lowest BCUT2D eigenvalue weighted by Crippen LogP contribution is -2.32.